The highest BCUT2D eigenvalue weighted by Crippen LogP contribution is 2.28. The summed E-state index contributed by atoms with van der Waals surface area (Å²) in [5.41, 5.74) is 0.536. The molecule has 1 atom stereocenters. The van der Waals surface area contributed by atoms with Gasteiger partial charge in [-0.3, -0.25) is 4.79 Å². The van der Waals surface area contributed by atoms with Crippen molar-refractivity contribution >= 4 is 46.6 Å². The second-order valence-electron chi connectivity index (χ2n) is 4.99. The van der Waals surface area contributed by atoms with Gasteiger partial charge in [-0.25, -0.2) is 0 Å². The number of thioether (sulfide) groups is 1. The summed E-state index contributed by atoms with van der Waals surface area (Å²) < 4.78 is 1.92. The summed E-state index contributed by atoms with van der Waals surface area (Å²) >= 11 is 13.2. The van der Waals surface area contributed by atoms with Crippen molar-refractivity contribution in [3.8, 4) is 0 Å². The minimum Gasteiger partial charge on any atom is -0.324 e. The third-order valence-electron chi connectivity index (χ3n) is 2.94. The average Bonchev–Trinajstić information content (AvgIpc) is 2.90. The van der Waals surface area contributed by atoms with Gasteiger partial charge in [0.25, 0.3) is 0 Å². The van der Waals surface area contributed by atoms with Gasteiger partial charge >= 0.3 is 0 Å². The first kappa shape index (κ1) is 17.1. The highest BCUT2D eigenvalue weighted by atomic mass is 35.5. The Morgan fingerprint density at radius 3 is 2.68 bits per heavy atom. The van der Waals surface area contributed by atoms with E-state index in [0.717, 1.165) is 0 Å². The fraction of sp³-hybridized carbons (Fsp3) is 0.357. The summed E-state index contributed by atoms with van der Waals surface area (Å²) in [5.74, 6) is -0.160. The van der Waals surface area contributed by atoms with Crippen LogP contribution in [-0.4, -0.2) is 25.9 Å². The SMILES string of the molecule is CC(C)n1cnnc1S[C@H](C)C(=O)Nc1ccc(Cl)cc1Cl. The van der Waals surface area contributed by atoms with Crippen LogP contribution in [0.4, 0.5) is 5.69 Å². The number of benzene rings is 1. The Morgan fingerprint density at radius 1 is 1.32 bits per heavy atom. The van der Waals surface area contributed by atoms with Gasteiger partial charge in [-0.15, -0.1) is 10.2 Å². The molecule has 8 heteroatoms. The third-order valence-corrected chi connectivity index (χ3v) is 4.56. The van der Waals surface area contributed by atoms with Crippen molar-refractivity contribution in [2.75, 3.05) is 5.32 Å². The molecule has 1 heterocycles. The zero-order valence-electron chi connectivity index (χ0n) is 12.4. The Labute approximate surface area is 143 Å². The van der Waals surface area contributed by atoms with E-state index in [1.165, 1.54) is 11.8 Å². The maximum absolute atomic E-state index is 12.3. The van der Waals surface area contributed by atoms with E-state index in [-0.39, 0.29) is 17.2 Å². The Balaban J connectivity index is 2.04. The summed E-state index contributed by atoms with van der Waals surface area (Å²) in [4.78, 5) is 12.3. The second kappa shape index (κ2) is 7.35. The molecule has 0 bridgehead atoms. The molecule has 0 spiro atoms. The summed E-state index contributed by atoms with van der Waals surface area (Å²) in [6, 6.07) is 5.18. The largest absolute Gasteiger partial charge is 0.324 e. The van der Waals surface area contributed by atoms with Crippen LogP contribution in [0.5, 0.6) is 0 Å². The number of halogens is 2. The summed E-state index contributed by atoms with van der Waals surface area (Å²) in [6.45, 7) is 5.88. The van der Waals surface area contributed by atoms with Gasteiger partial charge in [-0.05, 0) is 39.0 Å². The smallest absolute Gasteiger partial charge is 0.237 e. The van der Waals surface area contributed by atoms with Crippen LogP contribution in [0, 0.1) is 0 Å². The molecule has 2 aromatic rings. The molecular formula is C14H16Cl2N4OS. The molecule has 5 nitrogen and oxygen atoms in total. The van der Waals surface area contributed by atoms with E-state index in [1.54, 1.807) is 24.5 Å². The molecule has 0 unspecified atom stereocenters. The van der Waals surface area contributed by atoms with E-state index >= 15 is 0 Å². The van der Waals surface area contributed by atoms with Crippen molar-refractivity contribution in [3.05, 3.63) is 34.6 Å². The van der Waals surface area contributed by atoms with E-state index in [2.05, 4.69) is 15.5 Å². The number of anilines is 1. The summed E-state index contributed by atoms with van der Waals surface area (Å²) in [6.07, 6.45) is 1.66. The highest BCUT2D eigenvalue weighted by molar-refractivity contribution is 8.00. The molecule has 118 valence electrons. The standard InChI is InChI=1S/C14H16Cl2N4OS/c1-8(2)20-7-17-19-14(20)22-9(3)13(21)18-12-5-4-10(15)6-11(12)16/h4-9H,1-3H3,(H,18,21)/t9-/m1/s1. The number of carbonyl (C=O) groups excluding carboxylic acids is 1. The number of nitrogens with one attached hydrogen (secondary N) is 1. The average molecular weight is 359 g/mol. The minimum absolute atomic E-state index is 0.160. The van der Waals surface area contributed by atoms with Crippen LogP contribution < -0.4 is 5.32 Å². The predicted molar refractivity (Wildman–Crippen MR) is 90.8 cm³/mol. The molecule has 22 heavy (non-hydrogen) atoms. The van der Waals surface area contributed by atoms with Crippen molar-refractivity contribution in [1.29, 1.82) is 0 Å². The molecule has 0 fully saturated rings. The number of hydrogen-bond acceptors (Lipinski definition) is 4. The first-order chi connectivity index (χ1) is 10.4. The lowest BCUT2D eigenvalue weighted by molar-refractivity contribution is -0.115. The lowest BCUT2D eigenvalue weighted by Gasteiger charge is -2.14. The van der Waals surface area contributed by atoms with Crippen molar-refractivity contribution in [3.63, 3.8) is 0 Å². The lowest BCUT2D eigenvalue weighted by Crippen LogP contribution is -2.23. The topological polar surface area (TPSA) is 59.8 Å². The Kier molecular flexibility index (Phi) is 5.72. The molecule has 0 saturated heterocycles. The van der Waals surface area contributed by atoms with Gasteiger partial charge in [0, 0.05) is 11.1 Å². The monoisotopic (exact) mass is 358 g/mol. The van der Waals surface area contributed by atoms with Crippen LogP contribution in [0.2, 0.25) is 10.0 Å². The molecular weight excluding hydrogens is 343 g/mol. The van der Waals surface area contributed by atoms with Crippen molar-refractivity contribution in [2.24, 2.45) is 0 Å². The molecule has 2 rings (SSSR count). The summed E-state index contributed by atoms with van der Waals surface area (Å²) in [5, 5.41) is 12.0. The number of amides is 1. The zero-order valence-corrected chi connectivity index (χ0v) is 14.7. The van der Waals surface area contributed by atoms with Crippen molar-refractivity contribution < 1.29 is 4.79 Å². The van der Waals surface area contributed by atoms with Crippen molar-refractivity contribution in [2.45, 2.75) is 37.2 Å². The van der Waals surface area contributed by atoms with Crippen LogP contribution in [0.1, 0.15) is 26.8 Å². The van der Waals surface area contributed by atoms with E-state index in [4.69, 9.17) is 23.2 Å². The van der Waals surface area contributed by atoms with Gasteiger partial charge < -0.3 is 9.88 Å². The van der Waals surface area contributed by atoms with Crippen LogP contribution in [0.3, 0.4) is 0 Å². The van der Waals surface area contributed by atoms with E-state index < -0.39 is 0 Å². The van der Waals surface area contributed by atoms with Crippen molar-refractivity contribution in [1.82, 2.24) is 14.8 Å². The maximum Gasteiger partial charge on any atom is 0.237 e. The van der Waals surface area contributed by atoms with Gasteiger partial charge in [-0.1, -0.05) is 35.0 Å². The zero-order chi connectivity index (χ0) is 16.3. The minimum atomic E-state index is -0.339. The number of nitrogens with zero attached hydrogens (tertiary/aromatic N) is 3. The fourth-order valence-electron chi connectivity index (χ4n) is 1.71. The predicted octanol–water partition coefficient (Wildman–Crippen LogP) is 4.29. The van der Waals surface area contributed by atoms with E-state index in [0.29, 0.717) is 20.9 Å². The van der Waals surface area contributed by atoms with Gasteiger partial charge in [0.1, 0.15) is 6.33 Å². The van der Waals surface area contributed by atoms with E-state index in [9.17, 15) is 4.79 Å². The van der Waals surface area contributed by atoms with Crippen LogP contribution in [0.25, 0.3) is 0 Å². The normalized spacial score (nSPS) is 12.5. The molecule has 0 saturated carbocycles. The number of rotatable bonds is 5. The number of carbonyl (C=O) groups is 1. The van der Waals surface area contributed by atoms with Gasteiger partial charge in [0.2, 0.25) is 5.91 Å². The molecule has 0 aliphatic heterocycles. The first-order valence-electron chi connectivity index (χ1n) is 6.70. The first-order valence-corrected chi connectivity index (χ1v) is 8.34. The lowest BCUT2D eigenvalue weighted by atomic mass is 10.3. The molecule has 1 aromatic heterocycles. The molecule has 1 N–H and O–H groups in total. The molecule has 0 aliphatic rings. The molecule has 1 aromatic carbocycles. The fourth-order valence-corrected chi connectivity index (χ4v) is 3.12. The van der Waals surface area contributed by atoms with E-state index in [1.807, 2.05) is 25.3 Å². The second-order valence-corrected chi connectivity index (χ2v) is 7.14. The van der Waals surface area contributed by atoms with Gasteiger partial charge in [0.15, 0.2) is 5.16 Å². The molecule has 0 radical (unpaired) electrons. The molecule has 1 amide bonds. The highest BCUT2D eigenvalue weighted by Gasteiger charge is 2.19. The van der Waals surface area contributed by atoms with Crippen LogP contribution in [0.15, 0.2) is 29.7 Å². The Bertz CT molecular complexity index is 675. The number of aromatic nitrogens is 3. The van der Waals surface area contributed by atoms with Gasteiger partial charge in [0.05, 0.1) is 16.0 Å². The third kappa shape index (κ3) is 4.15. The Morgan fingerprint density at radius 2 is 2.05 bits per heavy atom. The summed E-state index contributed by atoms with van der Waals surface area (Å²) in [7, 11) is 0. The number of hydrogen-bond donors (Lipinski definition) is 1. The maximum atomic E-state index is 12.3. The van der Waals surface area contributed by atoms with Crippen LogP contribution >= 0.6 is 35.0 Å². The Hall–Kier alpha value is -1.24. The van der Waals surface area contributed by atoms with Crippen LogP contribution in [-0.2, 0) is 4.79 Å². The van der Waals surface area contributed by atoms with Gasteiger partial charge in [-0.2, -0.15) is 0 Å². The molecule has 0 aliphatic carbocycles. The quantitative estimate of drug-likeness (QED) is 0.810.